The van der Waals surface area contributed by atoms with Gasteiger partial charge in [0.05, 0.1) is 0 Å². The highest BCUT2D eigenvalue weighted by molar-refractivity contribution is 5.71. The lowest BCUT2D eigenvalue weighted by Crippen LogP contribution is -2.30. The van der Waals surface area contributed by atoms with Gasteiger partial charge in [-0.3, -0.25) is 14.4 Å². The van der Waals surface area contributed by atoms with Gasteiger partial charge in [-0.1, -0.05) is 218 Å². The molecule has 404 valence electrons. The summed E-state index contributed by atoms with van der Waals surface area (Å²) in [6, 6.07) is 0. The minimum absolute atomic E-state index is 0.109. The van der Waals surface area contributed by atoms with E-state index < -0.39 is 6.10 Å². The first-order valence-electron chi connectivity index (χ1n) is 28.8. The van der Waals surface area contributed by atoms with Gasteiger partial charge in [0.1, 0.15) is 13.2 Å². The zero-order valence-corrected chi connectivity index (χ0v) is 46.1. The number of carbonyl (C=O) groups excluding carboxylic acids is 3. The number of carbonyl (C=O) groups is 3. The Labute approximate surface area is 442 Å². The fourth-order valence-electron chi connectivity index (χ4n) is 7.29. The van der Waals surface area contributed by atoms with Gasteiger partial charge in [0.25, 0.3) is 0 Å². The number of hydrogen-bond acceptors (Lipinski definition) is 6. The average molecular weight is 994 g/mol. The molecule has 0 aliphatic carbocycles. The van der Waals surface area contributed by atoms with Crippen molar-refractivity contribution in [1.82, 2.24) is 0 Å². The van der Waals surface area contributed by atoms with E-state index in [9.17, 15) is 14.4 Å². The maximum absolute atomic E-state index is 12.8. The van der Waals surface area contributed by atoms with Gasteiger partial charge in [-0.25, -0.2) is 0 Å². The van der Waals surface area contributed by atoms with Gasteiger partial charge < -0.3 is 14.2 Å². The zero-order valence-electron chi connectivity index (χ0n) is 46.1. The quantitative estimate of drug-likeness (QED) is 0.0261. The second-order valence-corrected chi connectivity index (χ2v) is 18.4. The summed E-state index contributed by atoms with van der Waals surface area (Å²) >= 11 is 0. The van der Waals surface area contributed by atoms with E-state index in [1.807, 2.05) is 0 Å². The molecule has 0 aromatic heterocycles. The standard InChI is InChI=1S/C66H104O6/c1-4-7-10-13-16-19-22-25-27-29-30-31-32-33-34-35-36-38-39-41-44-47-50-53-56-59-65(68)71-62-63(61-70-64(67)58-55-52-49-46-43-24-21-18-15-12-9-6-3)72-66(69)60-57-54-51-48-45-42-40-37-28-26-23-20-17-14-11-8-5-2/h7-8,10-11,16-21,25-28,30-31,33-34,36,38,40-42,44,63H,4-6,9,12-15,22-24,29,32,35,37,39,43,45-62H2,1-3H3/b10-7-,11-8-,19-16-,20-17-,21-18-,27-25-,28-26-,31-30-,34-33-,38-36-,42-40-,44-41-. The number of rotatable bonds is 50. The molecule has 1 atom stereocenters. The summed E-state index contributed by atoms with van der Waals surface area (Å²) in [6.45, 7) is 6.32. The van der Waals surface area contributed by atoms with E-state index in [0.29, 0.717) is 12.8 Å². The number of esters is 3. The average Bonchev–Trinajstić information content (AvgIpc) is 3.38. The van der Waals surface area contributed by atoms with Crippen molar-refractivity contribution in [3.8, 4) is 0 Å². The first kappa shape index (κ1) is 67.3. The fourth-order valence-corrected chi connectivity index (χ4v) is 7.29. The van der Waals surface area contributed by atoms with E-state index in [1.54, 1.807) is 0 Å². The topological polar surface area (TPSA) is 78.9 Å². The molecule has 0 spiro atoms. The molecular formula is C66H104O6. The van der Waals surface area contributed by atoms with Crippen molar-refractivity contribution in [1.29, 1.82) is 0 Å². The van der Waals surface area contributed by atoms with E-state index in [4.69, 9.17) is 14.2 Å². The molecule has 6 nitrogen and oxygen atoms in total. The third-order valence-corrected chi connectivity index (χ3v) is 11.6. The summed E-state index contributed by atoms with van der Waals surface area (Å²) in [4.78, 5) is 38.1. The Morgan fingerprint density at radius 3 is 0.875 bits per heavy atom. The highest BCUT2D eigenvalue weighted by Gasteiger charge is 2.19. The molecule has 0 N–H and O–H groups in total. The fraction of sp³-hybridized carbons (Fsp3) is 0.591. The Morgan fingerprint density at radius 2 is 0.542 bits per heavy atom. The van der Waals surface area contributed by atoms with Crippen LogP contribution in [0.25, 0.3) is 0 Å². The summed E-state index contributed by atoms with van der Waals surface area (Å²) in [5.41, 5.74) is 0. The van der Waals surface area contributed by atoms with Crippen molar-refractivity contribution in [2.75, 3.05) is 13.2 Å². The highest BCUT2D eigenvalue weighted by Crippen LogP contribution is 2.13. The summed E-state index contributed by atoms with van der Waals surface area (Å²) in [5, 5.41) is 0. The predicted octanol–water partition coefficient (Wildman–Crippen LogP) is 19.6. The summed E-state index contributed by atoms with van der Waals surface area (Å²) in [5.74, 6) is -0.983. The minimum Gasteiger partial charge on any atom is -0.462 e. The van der Waals surface area contributed by atoms with Gasteiger partial charge in [-0.2, -0.15) is 0 Å². The van der Waals surface area contributed by atoms with Crippen molar-refractivity contribution in [3.05, 3.63) is 146 Å². The monoisotopic (exact) mass is 993 g/mol. The van der Waals surface area contributed by atoms with Crippen molar-refractivity contribution in [2.45, 2.75) is 239 Å². The second kappa shape index (κ2) is 58.9. The van der Waals surface area contributed by atoms with Crippen LogP contribution in [0.1, 0.15) is 233 Å². The van der Waals surface area contributed by atoms with Crippen LogP contribution in [0.4, 0.5) is 0 Å². The van der Waals surface area contributed by atoms with E-state index in [0.717, 1.165) is 161 Å². The lowest BCUT2D eigenvalue weighted by molar-refractivity contribution is -0.167. The molecule has 0 heterocycles. The van der Waals surface area contributed by atoms with Crippen LogP contribution in [-0.4, -0.2) is 37.2 Å². The highest BCUT2D eigenvalue weighted by atomic mass is 16.6. The van der Waals surface area contributed by atoms with E-state index in [2.05, 4.69) is 167 Å². The Balaban J connectivity index is 4.48. The van der Waals surface area contributed by atoms with Crippen LogP contribution >= 0.6 is 0 Å². The molecule has 1 unspecified atom stereocenters. The maximum atomic E-state index is 12.8. The molecule has 0 aliphatic heterocycles. The molecule has 0 aliphatic rings. The SMILES string of the molecule is CC/C=C\C/C=C\C/C=C\C/C=C\C/C=C\C/C=C\C/C=C\CCCCCC(=O)OCC(COC(=O)CCCCCCC/C=C\CCCCC)OC(=O)CCCCCC/C=C\C/C=C\C/C=C\C/C=C\CC. The van der Waals surface area contributed by atoms with E-state index in [-0.39, 0.29) is 37.5 Å². The van der Waals surface area contributed by atoms with Crippen LogP contribution in [0.15, 0.2) is 146 Å². The van der Waals surface area contributed by atoms with Crippen LogP contribution in [0.2, 0.25) is 0 Å². The van der Waals surface area contributed by atoms with Gasteiger partial charge >= 0.3 is 17.9 Å². The van der Waals surface area contributed by atoms with Gasteiger partial charge in [0.2, 0.25) is 0 Å². The molecular weight excluding hydrogens is 889 g/mol. The lowest BCUT2D eigenvalue weighted by atomic mass is 10.1. The predicted molar refractivity (Wildman–Crippen MR) is 311 cm³/mol. The Kier molecular flexibility index (Phi) is 55.0. The molecule has 6 heteroatoms. The third-order valence-electron chi connectivity index (χ3n) is 11.6. The van der Waals surface area contributed by atoms with Gasteiger partial charge in [0, 0.05) is 19.3 Å². The van der Waals surface area contributed by atoms with Crippen molar-refractivity contribution in [2.24, 2.45) is 0 Å². The number of unbranched alkanes of at least 4 members (excludes halogenated alkanes) is 15. The molecule has 0 rings (SSSR count). The first-order valence-corrected chi connectivity index (χ1v) is 28.8. The Hall–Kier alpha value is -4.71. The second-order valence-electron chi connectivity index (χ2n) is 18.4. The van der Waals surface area contributed by atoms with Crippen molar-refractivity contribution >= 4 is 17.9 Å². The normalized spacial score (nSPS) is 13.2. The lowest BCUT2D eigenvalue weighted by Gasteiger charge is -2.18. The van der Waals surface area contributed by atoms with Crippen LogP contribution < -0.4 is 0 Å². The molecule has 0 saturated heterocycles. The van der Waals surface area contributed by atoms with Crippen molar-refractivity contribution < 1.29 is 28.6 Å². The molecule has 0 bridgehead atoms. The largest absolute Gasteiger partial charge is 0.462 e. The summed E-state index contributed by atoms with van der Waals surface area (Å²) < 4.78 is 16.8. The van der Waals surface area contributed by atoms with Crippen LogP contribution in [0, 0.1) is 0 Å². The third kappa shape index (κ3) is 56.2. The van der Waals surface area contributed by atoms with Crippen molar-refractivity contribution in [3.63, 3.8) is 0 Å². The molecule has 0 radical (unpaired) electrons. The first-order chi connectivity index (χ1) is 35.5. The summed E-state index contributed by atoms with van der Waals surface area (Å²) in [6.07, 6.45) is 84.1. The van der Waals surface area contributed by atoms with Crippen LogP contribution in [0.3, 0.4) is 0 Å². The molecule has 0 fully saturated rings. The number of ether oxygens (including phenoxy) is 3. The molecule has 0 amide bonds. The minimum atomic E-state index is -0.815. The van der Waals surface area contributed by atoms with E-state index in [1.165, 1.54) is 32.1 Å². The van der Waals surface area contributed by atoms with Crippen LogP contribution in [0.5, 0.6) is 0 Å². The maximum Gasteiger partial charge on any atom is 0.306 e. The zero-order chi connectivity index (χ0) is 52.2. The van der Waals surface area contributed by atoms with Gasteiger partial charge in [-0.05, 0) is 141 Å². The Bertz CT molecular complexity index is 1610. The molecule has 0 aromatic carbocycles. The number of hydrogen-bond donors (Lipinski definition) is 0. The molecule has 0 saturated carbocycles. The van der Waals surface area contributed by atoms with Gasteiger partial charge in [-0.15, -0.1) is 0 Å². The van der Waals surface area contributed by atoms with E-state index >= 15 is 0 Å². The Morgan fingerprint density at radius 1 is 0.292 bits per heavy atom. The number of allylic oxidation sites excluding steroid dienone is 24. The summed E-state index contributed by atoms with van der Waals surface area (Å²) in [7, 11) is 0. The van der Waals surface area contributed by atoms with Crippen LogP contribution in [-0.2, 0) is 28.6 Å². The van der Waals surface area contributed by atoms with Gasteiger partial charge in [0.15, 0.2) is 6.10 Å². The molecule has 72 heavy (non-hydrogen) atoms. The smallest absolute Gasteiger partial charge is 0.306 e. The molecule has 0 aromatic rings.